The van der Waals surface area contributed by atoms with Gasteiger partial charge in [-0.05, 0) is 22.8 Å². The molecule has 0 aliphatic carbocycles. The lowest BCUT2D eigenvalue weighted by Crippen LogP contribution is -2.25. The number of ketones is 1. The zero-order valence-corrected chi connectivity index (χ0v) is 15.5. The lowest BCUT2D eigenvalue weighted by atomic mass is 9.93. The molecule has 4 rings (SSSR count). The summed E-state index contributed by atoms with van der Waals surface area (Å²) in [4.78, 5) is 23.5. The first-order chi connectivity index (χ1) is 14.1. The second-order valence-electron chi connectivity index (χ2n) is 6.54. The number of hydrogen-bond acceptors (Lipinski definition) is 4. The third-order valence-corrected chi connectivity index (χ3v) is 4.68. The van der Waals surface area contributed by atoms with E-state index in [0.717, 1.165) is 22.3 Å². The molecular formula is C24H18N2O3. The Labute approximate surface area is 168 Å². The van der Waals surface area contributed by atoms with E-state index >= 15 is 0 Å². The fourth-order valence-corrected chi connectivity index (χ4v) is 3.34. The van der Waals surface area contributed by atoms with Gasteiger partial charge in [0.2, 0.25) is 5.71 Å². The summed E-state index contributed by atoms with van der Waals surface area (Å²) in [5.74, 6) is -1.84. The number of aliphatic carboxylic acids is 1. The minimum absolute atomic E-state index is 0.00437. The number of rotatable bonds is 4. The lowest BCUT2D eigenvalue weighted by Gasteiger charge is -2.20. The first kappa shape index (κ1) is 18.4. The summed E-state index contributed by atoms with van der Waals surface area (Å²) in [6.07, 6.45) is 3.27. The van der Waals surface area contributed by atoms with Crippen molar-refractivity contribution in [2.75, 3.05) is 5.01 Å². The van der Waals surface area contributed by atoms with Crippen molar-refractivity contribution in [3.63, 3.8) is 0 Å². The van der Waals surface area contributed by atoms with Crippen molar-refractivity contribution in [2.45, 2.75) is 6.42 Å². The van der Waals surface area contributed by atoms with Gasteiger partial charge in [0.15, 0.2) is 5.78 Å². The van der Waals surface area contributed by atoms with Crippen LogP contribution in [0.15, 0.2) is 96.2 Å². The van der Waals surface area contributed by atoms with Gasteiger partial charge in [-0.15, -0.1) is 0 Å². The molecule has 5 heteroatoms. The number of Topliss-reactive ketones (excluding diaryl/α,β-unsaturated/α-hetero) is 1. The quantitative estimate of drug-likeness (QED) is 0.707. The molecule has 1 aliphatic heterocycles. The Hall–Kier alpha value is -3.99. The fraction of sp³-hybridized carbons (Fsp3) is 0.0417. The van der Waals surface area contributed by atoms with Crippen molar-refractivity contribution in [2.24, 2.45) is 5.10 Å². The zero-order valence-electron chi connectivity index (χ0n) is 15.5. The van der Waals surface area contributed by atoms with E-state index in [4.69, 9.17) is 0 Å². The highest BCUT2D eigenvalue weighted by Gasteiger charge is 2.23. The van der Waals surface area contributed by atoms with E-state index in [1.165, 1.54) is 5.01 Å². The number of carboxylic acids is 1. The Morgan fingerprint density at radius 3 is 2.17 bits per heavy atom. The Morgan fingerprint density at radius 2 is 1.45 bits per heavy atom. The largest absolute Gasteiger partial charge is 0.476 e. The molecule has 0 radical (unpaired) electrons. The third-order valence-electron chi connectivity index (χ3n) is 4.68. The molecule has 0 aromatic heterocycles. The summed E-state index contributed by atoms with van der Waals surface area (Å²) in [5.41, 5.74) is 4.23. The molecule has 0 bridgehead atoms. The first-order valence-electron chi connectivity index (χ1n) is 9.20. The predicted octanol–water partition coefficient (Wildman–Crippen LogP) is 4.75. The molecule has 142 valence electrons. The van der Waals surface area contributed by atoms with Crippen molar-refractivity contribution in [1.82, 2.24) is 0 Å². The molecule has 0 amide bonds. The van der Waals surface area contributed by atoms with Gasteiger partial charge in [0.25, 0.3) is 0 Å². The Bertz CT molecular complexity index is 1130. The van der Waals surface area contributed by atoms with Crippen LogP contribution >= 0.6 is 0 Å². The highest BCUT2D eigenvalue weighted by molar-refractivity contribution is 6.64. The maximum absolute atomic E-state index is 12.0. The van der Waals surface area contributed by atoms with Crippen LogP contribution in [0.3, 0.4) is 0 Å². The summed E-state index contributed by atoms with van der Waals surface area (Å²) in [6.45, 7) is 0. The second kappa shape index (κ2) is 7.94. The summed E-state index contributed by atoms with van der Waals surface area (Å²) in [6, 6.07) is 25.7. The second-order valence-corrected chi connectivity index (χ2v) is 6.54. The zero-order chi connectivity index (χ0) is 20.2. The van der Waals surface area contributed by atoms with Crippen LogP contribution in [0.4, 0.5) is 5.69 Å². The number of nitrogens with zero attached hydrogens (tertiary/aromatic N) is 2. The molecule has 0 spiro atoms. The highest BCUT2D eigenvalue weighted by atomic mass is 16.4. The van der Waals surface area contributed by atoms with Crippen molar-refractivity contribution in [3.05, 3.63) is 91.1 Å². The minimum Gasteiger partial charge on any atom is -0.476 e. The fourth-order valence-electron chi connectivity index (χ4n) is 3.34. The maximum atomic E-state index is 12.0. The van der Waals surface area contributed by atoms with Gasteiger partial charge in [-0.2, -0.15) is 5.10 Å². The summed E-state index contributed by atoms with van der Waals surface area (Å²) >= 11 is 0. The smallest absolute Gasteiger partial charge is 0.360 e. The van der Waals surface area contributed by atoms with E-state index in [-0.39, 0.29) is 6.42 Å². The van der Waals surface area contributed by atoms with E-state index in [9.17, 15) is 14.7 Å². The number of hydrogen-bond donors (Lipinski definition) is 1. The van der Waals surface area contributed by atoms with E-state index in [1.54, 1.807) is 12.3 Å². The van der Waals surface area contributed by atoms with Gasteiger partial charge in [0.05, 0.1) is 5.69 Å². The number of carbonyl (C=O) groups is 2. The molecule has 29 heavy (non-hydrogen) atoms. The van der Waals surface area contributed by atoms with E-state index < -0.39 is 17.5 Å². The predicted molar refractivity (Wildman–Crippen MR) is 114 cm³/mol. The van der Waals surface area contributed by atoms with E-state index in [0.29, 0.717) is 5.69 Å². The van der Waals surface area contributed by atoms with Crippen LogP contribution in [0.5, 0.6) is 0 Å². The van der Waals surface area contributed by atoms with Crippen molar-refractivity contribution in [1.29, 1.82) is 0 Å². The first-order valence-corrected chi connectivity index (χ1v) is 9.20. The summed E-state index contributed by atoms with van der Waals surface area (Å²) in [7, 11) is 0. The van der Waals surface area contributed by atoms with Crippen LogP contribution in [0.1, 0.15) is 6.42 Å². The van der Waals surface area contributed by atoms with Gasteiger partial charge >= 0.3 is 5.97 Å². The summed E-state index contributed by atoms with van der Waals surface area (Å²) in [5, 5.41) is 15.0. The van der Waals surface area contributed by atoms with Gasteiger partial charge in [0.1, 0.15) is 0 Å². The van der Waals surface area contributed by atoms with Crippen LogP contribution in [-0.2, 0) is 9.59 Å². The molecule has 0 unspecified atom stereocenters. The topological polar surface area (TPSA) is 70.0 Å². The molecule has 3 aromatic carbocycles. The number of allylic oxidation sites excluding steroid dienone is 1. The molecule has 0 fully saturated rings. The van der Waals surface area contributed by atoms with Gasteiger partial charge in [-0.1, -0.05) is 78.9 Å². The van der Waals surface area contributed by atoms with Crippen LogP contribution in [0, 0.1) is 0 Å². The van der Waals surface area contributed by atoms with Crippen LogP contribution in [0.25, 0.3) is 22.3 Å². The SMILES string of the molecule is O=C(O)C1=NN(c2ccccc2-c2ccccc2-c2ccccc2)C=CCC1=O. The number of benzene rings is 3. The van der Waals surface area contributed by atoms with E-state index in [2.05, 4.69) is 11.2 Å². The van der Waals surface area contributed by atoms with Crippen LogP contribution < -0.4 is 5.01 Å². The Morgan fingerprint density at radius 1 is 0.828 bits per heavy atom. The van der Waals surface area contributed by atoms with Gasteiger partial charge in [0, 0.05) is 18.2 Å². The summed E-state index contributed by atoms with van der Waals surface area (Å²) < 4.78 is 0. The number of carbonyl (C=O) groups excluding carboxylic acids is 1. The molecule has 1 N–H and O–H groups in total. The standard InChI is InChI=1S/C24H18N2O3/c27-22-15-8-16-26(25-23(22)24(28)29)21-14-7-6-13-20(21)19-12-5-4-11-18(19)17-9-2-1-3-10-17/h1-14,16H,15H2,(H,28,29). The van der Waals surface area contributed by atoms with E-state index in [1.807, 2.05) is 72.8 Å². The Balaban J connectivity index is 1.88. The molecule has 0 atom stereocenters. The average molecular weight is 382 g/mol. The van der Waals surface area contributed by atoms with Gasteiger partial charge in [-0.25, -0.2) is 9.80 Å². The molecule has 1 aliphatic rings. The highest BCUT2D eigenvalue weighted by Crippen LogP contribution is 2.38. The molecule has 0 saturated carbocycles. The molecule has 1 heterocycles. The van der Waals surface area contributed by atoms with Crippen LogP contribution in [-0.4, -0.2) is 22.6 Å². The number of anilines is 1. The van der Waals surface area contributed by atoms with Crippen molar-refractivity contribution < 1.29 is 14.7 Å². The Kier molecular flexibility index (Phi) is 5.03. The monoisotopic (exact) mass is 382 g/mol. The van der Waals surface area contributed by atoms with Gasteiger partial charge < -0.3 is 5.11 Å². The molecule has 5 nitrogen and oxygen atoms in total. The average Bonchev–Trinajstić information content (AvgIpc) is 2.96. The van der Waals surface area contributed by atoms with Crippen molar-refractivity contribution >= 4 is 23.2 Å². The normalized spacial score (nSPS) is 13.7. The number of hydrazone groups is 1. The molecule has 0 saturated heterocycles. The molecular weight excluding hydrogens is 364 g/mol. The minimum atomic E-state index is -1.33. The number of para-hydroxylation sites is 1. The molecule has 3 aromatic rings. The maximum Gasteiger partial charge on any atom is 0.360 e. The third kappa shape index (κ3) is 3.71. The van der Waals surface area contributed by atoms with Gasteiger partial charge in [-0.3, -0.25) is 4.79 Å². The number of carboxylic acid groups (broad SMARTS) is 1. The van der Waals surface area contributed by atoms with Crippen molar-refractivity contribution in [3.8, 4) is 22.3 Å². The van der Waals surface area contributed by atoms with Crippen LogP contribution in [0.2, 0.25) is 0 Å². The lowest BCUT2D eigenvalue weighted by molar-refractivity contribution is -0.130.